The van der Waals surface area contributed by atoms with E-state index in [1.54, 1.807) is 17.9 Å². The van der Waals surface area contributed by atoms with Crippen LogP contribution >= 0.6 is 0 Å². The number of rotatable bonds is 5. The third-order valence-corrected chi connectivity index (χ3v) is 2.61. The van der Waals surface area contributed by atoms with Crippen LogP contribution in [0.3, 0.4) is 0 Å². The molecule has 0 aliphatic heterocycles. The van der Waals surface area contributed by atoms with Crippen LogP contribution in [0.4, 0.5) is 0 Å². The standard InChI is InChI=1S/C12H19N3O2/c1-8(2)13-11(16)10-6-15(3)14-12(10)17-7-9-4-5-9/h6,8-9H,4-5,7H2,1-3H3,(H,13,16). The van der Waals surface area contributed by atoms with Crippen LogP contribution in [0.5, 0.6) is 5.88 Å². The molecule has 1 saturated carbocycles. The predicted molar refractivity (Wildman–Crippen MR) is 64.0 cm³/mol. The normalized spacial score (nSPS) is 15.1. The van der Waals surface area contributed by atoms with Gasteiger partial charge < -0.3 is 10.1 Å². The van der Waals surface area contributed by atoms with Crippen LogP contribution in [0.1, 0.15) is 37.0 Å². The van der Waals surface area contributed by atoms with Crippen molar-refractivity contribution >= 4 is 5.91 Å². The average molecular weight is 237 g/mol. The van der Waals surface area contributed by atoms with Crippen LogP contribution in [0, 0.1) is 5.92 Å². The number of ether oxygens (including phenoxy) is 1. The van der Waals surface area contributed by atoms with E-state index in [0.29, 0.717) is 24.0 Å². The molecule has 0 unspecified atom stereocenters. The molecule has 0 spiro atoms. The number of aryl methyl sites for hydroxylation is 1. The molecule has 2 rings (SSSR count). The fourth-order valence-corrected chi connectivity index (χ4v) is 1.55. The van der Waals surface area contributed by atoms with Gasteiger partial charge in [-0.25, -0.2) is 0 Å². The zero-order valence-electron chi connectivity index (χ0n) is 10.6. The molecular formula is C12H19N3O2. The quantitative estimate of drug-likeness (QED) is 0.841. The lowest BCUT2D eigenvalue weighted by Gasteiger charge is -2.08. The Kier molecular flexibility index (Phi) is 3.36. The predicted octanol–water partition coefficient (Wildman–Crippen LogP) is 1.35. The molecule has 17 heavy (non-hydrogen) atoms. The van der Waals surface area contributed by atoms with Crippen molar-refractivity contribution in [2.75, 3.05) is 6.61 Å². The van der Waals surface area contributed by atoms with E-state index < -0.39 is 0 Å². The minimum Gasteiger partial charge on any atom is -0.476 e. The van der Waals surface area contributed by atoms with Crippen molar-refractivity contribution < 1.29 is 9.53 Å². The Labute approximate surface area is 101 Å². The second-order valence-electron chi connectivity index (χ2n) is 4.90. The summed E-state index contributed by atoms with van der Waals surface area (Å²) in [6.07, 6.45) is 4.14. The largest absolute Gasteiger partial charge is 0.476 e. The third-order valence-electron chi connectivity index (χ3n) is 2.61. The van der Waals surface area contributed by atoms with E-state index in [-0.39, 0.29) is 11.9 Å². The number of hydrogen-bond acceptors (Lipinski definition) is 3. The van der Waals surface area contributed by atoms with Crippen molar-refractivity contribution in [1.29, 1.82) is 0 Å². The van der Waals surface area contributed by atoms with Crippen LogP contribution in [-0.4, -0.2) is 28.3 Å². The molecule has 5 heteroatoms. The molecule has 5 nitrogen and oxygen atoms in total. The van der Waals surface area contributed by atoms with Crippen molar-refractivity contribution in [3.63, 3.8) is 0 Å². The summed E-state index contributed by atoms with van der Waals surface area (Å²) in [6, 6.07) is 0.110. The molecule has 1 aliphatic carbocycles. The minimum atomic E-state index is -0.126. The number of carbonyl (C=O) groups excluding carboxylic acids is 1. The highest BCUT2D eigenvalue weighted by atomic mass is 16.5. The Balaban J connectivity index is 2.05. The summed E-state index contributed by atoms with van der Waals surface area (Å²) in [5.74, 6) is 0.967. The summed E-state index contributed by atoms with van der Waals surface area (Å²) in [7, 11) is 1.79. The van der Waals surface area contributed by atoms with Gasteiger partial charge in [0.25, 0.3) is 5.91 Å². The van der Waals surface area contributed by atoms with E-state index in [1.807, 2.05) is 13.8 Å². The number of nitrogens with zero attached hydrogens (tertiary/aromatic N) is 2. The number of hydrogen-bond donors (Lipinski definition) is 1. The van der Waals surface area contributed by atoms with Crippen molar-refractivity contribution in [2.45, 2.75) is 32.7 Å². The zero-order chi connectivity index (χ0) is 12.4. The molecule has 1 N–H and O–H groups in total. The molecule has 1 fully saturated rings. The minimum absolute atomic E-state index is 0.110. The first-order valence-corrected chi connectivity index (χ1v) is 6.03. The van der Waals surface area contributed by atoms with Gasteiger partial charge in [-0.3, -0.25) is 9.48 Å². The Morgan fingerprint density at radius 3 is 2.94 bits per heavy atom. The van der Waals surface area contributed by atoms with Crippen LogP contribution in [-0.2, 0) is 7.05 Å². The van der Waals surface area contributed by atoms with Gasteiger partial charge in [0.1, 0.15) is 5.56 Å². The first-order chi connectivity index (χ1) is 8.06. The van der Waals surface area contributed by atoms with Gasteiger partial charge in [0.05, 0.1) is 6.61 Å². The van der Waals surface area contributed by atoms with E-state index in [4.69, 9.17) is 4.74 Å². The van der Waals surface area contributed by atoms with Crippen molar-refractivity contribution in [3.05, 3.63) is 11.8 Å². The molecule has 1 heterocycles. The average Bonchev–Trinajstić information content (AvgIpc) is 2.98. The molecule has 0 saturated heterocycles. The van der Waals surface area contributed by atoms with E-state index in [0.717, 1.165) is 0 Å². The summed E-state index contributed by atoms with van der Waals surface area (Å²) in [4.78, 5) is 11.9. The molecule has 0 radical (unpaired) electrons. The fraction of sp³-hybridized carbons (Fsp3) is 0.667. The van der Waals surface area contributed by atoms with Crippen LogP contribution in [0.15, 0.2) is 6.20 Å². The van der Waals surface area contributed by atoms with Gasteiger partial charge in [-0.05, 0) is 32.6 Å². The number of carbonyl (C=O) groups is 1. The molecule has 1 aromatic heterocycles. The summed E-state index contributed by atoms with van der Waals surface area (Å²) in [5, 5.41) is 7.02. The summed E-state index contributed by atoms with van der Waals surface area (Å²) >= 11 is 0. The van der Waals surface area contributed by atoms with Crippen LogP contribution in [0.25, 0.3) is 0 Å². The maximum atomic E-state index is 11.9. The highest BCUT2D eigenvalue weighted by Crippen LogP contribution is 2.29. The van der Waals surface area contributed by atoms with E-state index >= 15 is 0 Å². The van der Waals surface area contributed by atoms with E-state index in [9.17, 15) is 4.79 Å². The lowest BCUT2D eigenvalue weighted by atomic mass is 10.3. The summed E-state index contributed by atoms with van der Waals surface area (Å²) < 4.78 is 7.20. The Bertz CT molecular complexity index is 408. The first-order valence-electron chi connectivity index (χ1n) is 6.03. The summed E-state index contributed by atoms with van der Waals surface area (Å²) in [5.41, 5.74) is 0.516. The second-order valence-corrected chi connectivity index (χ2v) is 4.90. The highest BCUT2D eigenvalue weighted by molar-refractivity contribution is 5.96. The van der Waals surface area contributed by atoms with Crippen molar-refractivity contribution in [1.82, 2.24) is 15.1 Å². The number of nitrogens with one attached hydrogen (secondary N) is 1. The smallest absolute Gasteiger partial charge is 0.258 e. The number of amides is 1. The van der Waals surface area contributed by atoms with Crippen LogP contribution < -0.4 is 10.1 Å². The lowest BCUT2D eigenvalue weighted by Crippen LogP contribution is -2.30. The van der Waals surface area contributed by atoms with Gasteiger partial charge in [0.2, 0.25) is 5.88 Å². The second kappa shape index (κ2) is 4.77. The van der Waals surface area contributed by atoms with Crippen LogP contribution in [0.2, 0.25) is 0 Å². The SMILES string of the molecule is CC(C)NC(=O)c1cn(C)nc1OCC1CC1. The van der Waals surface area contributed by atoms with E-state index in [1.165, 1.54) is 12.8 Å². The van der Waals surface area contributed by atoms with Gasteiger partial charge in [-0.1, -0.05) is 0 Å². The van der Waals surface area contributed by atoms with Gasteiger partial charge in [-0.2, -0.15) is 0 Å². The van der Waals surface area contributed by atoms with Gasteiger partial charge in [0, 0.05) is 19.3 Å². The first kappa shape index (κ1) is 12.0. The Hall–Kier alpha value is -1.52. The highest BCUT2D eigenvalue weighted by Gasteiger charge is 2.24. The molecule has 94 valence electrons. The Morgan fingerprint density at radius 2 is 2.35 bits per heavy atom. The summed E-state index contributed by atoms with van der Waals surface area (Å²) in [6.45, 7) is 4.52. The third kappa shape index (κ3) is 3.22. The van der Waals surface area contributed by atoms with E-state index in [2.05, 4.69) is 10.4 Å². The van der Waals surface area contributed by atoms with Crippen molar-refractivity contribution in [3.8, 4) is 5.88 Å². The fourth-order valence-electron chi connectivity index (χ4n) is 1.55. The maximum Gasteiger partial charge on any atom is 0.258 e. The molecular weight excluding hydrogens is 218 g/mol. The molecule has 1 aromatic rings. The zero-order valence-corrected chi connectivity index (χ0v) is 10.6. The maximum absolute atomic E-state index is 11.9. The molecule has 0 atom stereocenters. The Morgan fingerprint density at radius 1 is 1.65 bits per heavy atom. The molecule has 1 amide bonds. The van der Waals surface area contributed by atoms with Gasteiger partial charge in [0.15, 0.2) is 0 Å². The van der Waals surface area contributed by atoms with Gasteiger partial charge >= 0.3 is 0 Å². The lowest BCUT2D eigenvalue weighted by molar-refractivity contribution is 0.0938. The topological polar surface area (TPSA) is 56.2 Å². The number of aromatic nitrogens is 2. The molecule has 1 aliphatic rings. The van der Waals surface area contributed by atoms with Crippen molar-refractivity contribution in [2.24, 2.45) is 13.0 Å². The van der Waals surface area contributed by atoms with Gasteiger partial charge in [-0.15, -0.1) is 5.10 Å². The monoisotopic (exact) mass is 237 g/mol. The molecule has 0 aromatic carbocycles. The molecule has 0 bridgehead atoms.